The van der Waals surface area contributed by atoms with Crippen molar-refractivity contribution in [3.63, 3.8) is 0 Å². The fraction of sp³-hybridized carbons (Fsp3) is 0. The van der Waals surface area contributed by atoms with Gasteiger partial charge in [-0.05, 0) is 106 Å². The molecule has 6 heteroatoms. The van der Waals surface area contributed by atoms with Crippen molar-refractivity contribution in [3.8, 4) is 56.1 Å². The van der Waals surface area contributed by atoms with Crippen LogP contribution in [0.5, 0.6) is 0 Å². The van der Waals surface area contributed by atoms with Crippen LogP contribution in [0.2, 0.25) is 0 Å². The molecule has 0 saturated carbocycles. The molecule has 57 heavy (non-hydrogen) atoms. The molecule has 3 heterocycles. The molecule has 5 nitrogen and oxygen atoms in total. The number of imidazole rings is 1. The minimum atomic E-state index is 0.462. The van der Waals surface area contributed by atoms with Crippen LogP contribution in [0.4, 0.5) is 0 Å². The van der Waals surface area contributed by atoms with Crippen LogP contribution in [0.15, 0.2) is 200 Å². The molecule has 11 aromatic rings. The lowest BCUT2D eigenvalue weighted by Gasteiger charge is -2.11. The molecule has 0 aliphatic heterocycles. The van der Waals surface area contributed by atoms with E-state index in [4.69, 9.17) is 22.2 Å². The van der Waals surface area contributed by atoms with Gasteiger partial charge in [0.05, 0.1) is 22.1 Å². The van der Waals surface area contributed by atoms with Crippen LogP contribution in [0.3, 0.4) is 0 Å². The molecule has 0 N–H and O–H groups in total. The first-order valence-electron chi connectivity index (χ1n) is 19.0. The molecule has 0 unspecified atom stereocenters. The molecule has 0 spiro atoms. The maximum Gasteiger partial charge on any atom is 0.223 e. The Morgan fingerprint density at radius 2 is 0.860 bits per heavy atom. The number of nitrogens with zero attached hydrogens (tertiary/aromatic N) is 5. The van der Waals surface area contributed by atoms with Gasteiger partial charge in [-0.15, -0.1) is 0 Å². The van der Waals surface area contributed by atoms with Gasteiger partial charge in [0.25, 0.3) is 0 Å². The van der Waals surface area contributed by atoms with Crippen LogP contribution in [0, 0.1) is 4.77 Å². The number of fused-ring (bicyclic) bond motifs is 6. The third-order valence-electron chi connectivity index (χ3n) is 10.9. The molecule has 8 aromatic carbocycles. The largest absolute Gasteiger partial charge is 0.309 e. The van der Waals surface area contributed by atoms with E-state index in [0.717, 1.165) is 44.9 Å². The molecule has 0 aliphatic rings. The third kappa shape index (κ3) is 5.57. The van der Waals surface area contributed by atoms with E-state index in [1.165, 1.54) is 44.1 Å². The van der Waals surface area contributed by atoms with E-state index < -0.39 is 0 Å². The lowest BCUT2D eigenvalue weighted by Crippen LogP contribution is -2.02. The highest BCUT2D eigenvalue weighted by molar-refractivity contribution is 7.71. The summed E-state index contributed by atoms with van der Waals surface area (Å²) in [6.45, 7) is 0. The van der Waals surface area contributed by atoms with E-state index in [2.05, 4.69) is 161 Å². The fourth-order valence-electron chi connectivity index (χ4n) is 8.23. The number of benzene rings is 8. The van der Waals surface area contributed by atoms with Crippen molar-refractivity contribution in [2.75, 3.05) is 0 Å². The molecule has 0 aliphatic carbocycles. The highest BCUT2D eigenvalue weighted by Crippen LogP contribution is 2.37. The first-order chi connectivity index (χ1) is 28.2. The summed E-state index contributed by atoms with van der Waals surface area (Å²) in [5.41, 5.74) is 14.4. The number of hydrogen-bond donors (Lipinski definition) is 0. The van der Waals surface area contributed by atoms with Gasteiger partial charge in [-0.25, -0.2) is 0 Å². The highest BCUT2D eigenvalue weighted by atomic mass is 32.1. The second kappa shape index (κ2) is 13.4. The molecule has 11 rings (SSSR count). The minimum Gasteiger partial charge on any atom is -0.309 e. The number of para-hydroxylation sites is 2. The highest BCUT2D eigenvalue weighted by Gasteiger charge is 2.18. The second-order valence-electron chi connectivity index (χ2n) is 14.3. The van der Waals surface area contributed by atoms with E-state index in [0.29, 0.717) is 10.6 Å². The van der Waals surface area contributed by atoms with Crippen molar-refractivity contribution in [2.24, 2.45) is 0 Å². The summed E-state index contributed by atoms with van der Waals surface area (Å²) in [6, 6.07) is 70.6. The normalized spacial score (nSPS) is 11.6. The average molecular weight is 748 g/mol. The Morgan fingerprint density at radius 3 is 1.61 bits per heavy atom. The van der Waals surface area contributed by atoms with Crippen LogP contribution < -0.4 is 0 Å². The Bertz CT molecular complexity index is 3350. The maximum absolute atomic E-state index is 5.99. The summed E-state index contributed by atoms with van der Waals surface area (Å²) in [5.74, 6) is 1.33. The molecule has 268 valence electrons. The minimum absolute atomic E-state index is 0.462. The molecule has 0 amide bonds. The van der Waals surface area contributed by atoms with Crippen LogP contribution >= 0.6 is 12.2 Å². The van der Waals surface area contributed by atoms with Gasteiger partial charge in [0.1, 0.15) is 0 Å². The van der Waals surface area contributed by atoms with E-state index in [1.807, 2.05) is 52.9 Å². The molecule has 0 radical (unpaired) electrons. The predicted molar refractivity (Wildman–Crippen MR) is 237 cm³/mol. The van der Waals surface area contributed by atoms with Crippen LogP contribution in [0.25, 0.3) is 94.8 Å². The van der Waals surface area contributed by atoms with Crippen LogP contribution in [-0.2, 0) is 0 Å². The Morgan fingerprint density at radius 1 is 0.333 bits per heavy atom. The lowest BCUT2D eigenvalue weighted by molar-refractivity contribution is 0.978. The van der Waals surface area contributed by atoms with Crippen molar-refractivity contribution in [2.45, 2.75) is 0 Å². The molecule has 0 saturated heterocycles. The van der Waals surface area contributed by atoms with Gasteiger partial charge < -0.3 is 4.57 Å². The summed E-state index contributed by atoms with van der Waals surface area (Å²) in [7, 11) is 0. The third-order valence-corrected chi connectivity index (χ3v) is 11.2. The van der Waals surface area contributed by atoms with E-state index >= 15 is 0 Å². The molecule has 3 aromatic heterocycles. The number of rotatable bonds is 6. The zero-order valence-electron chi connectivity index (χ0n) is 30.7. The molecule has 0 bridgehead atoms. The van der Waals surface area contributed by atoms with Crippen molar-refractivity contribution in [1.82, 2.24) is 23.5 Å². The molecule has 0 atom stereocenters. The van der Waals surface area contributed by atoms with E-state index in [1.54, 1.807) is 0 Å². The van der Waals surface area contributed by atoms with Gasteiger partial charge in [0.15, 0.2) is 5.82 Å². The SMILES string of the molecule is S=c1nc(-c2ccccc2)nc2n(-c3ccccc3)c3ccc(-c4ccc(-n5c6ccccc6c6cc(-c7cccc(-c8ccccc8)c7)ccc65)cc4)cc3n12. The number of hydrogen-bond acceptors (Lipinski definition) is 3. The molecular formula is C51H33N5S. The Kier molecular flexibility index (Phi) is 7.76. The Hall–Kier alpha value is -7.41. The quantitative estimate of drug-likeness (QED) is 0.159. The zero-order chi connectivity index (χ0) is 37.9. The van der Waals surface area contributed by atoms with Gasteiger partial charge in [0, 0.05) is 27.7 Å². The number of aromatic nitrogens is 5. The van der Waals surface area contributed by atoms with E-state index in [-0.39, 0.29) is 0 Å². The summed E-state index contributed by atoms with van der Waals surface area (Å²) < 4.78 is 6.99. The summed E-state index contributed by atoms with van der Waals surface area (Å²) >= 11 is 5.99. The van der Waals surface area contributed by atoms with Gasteiger partial charge in [-0.2, -0.15) is 9.97 Å². The predicted octanol–water partition coefficient (Wildman–Crippen LogP) is 13.2. The summed E-state index contributed by atoms with van der Waals surface area (Å²) in [6.07, 6.45) is 0. The van der Waals surface area contributed by atoms with Crippen LogP contribution in [-0.4, -0.2) is 23.5 Å². The van der Waals surface area contributed by atoms with Crippen molar-refractivity contribution in [3.05, 3.63) is 205 Å². The fourth-order valence-corrected chi connectivity index (χ4v) is 8.49. The first-order valence-corrected chi connectivity index (χ1v) is 19.4. The van der Waals surface area contributed by atoms with Gasteiger partial charge in [0.2, 0.25) is 10.5 Å². The lowest BCUT2D eigenvalue weighted by atomic mass is 9.98. The standard InChI is InChI=1S/C51H33N5S/c57-51-53-49(36-15-6-2-7-16-36)52-50-55(41-19-8-3-9-20-41)47-30-26-40(33-48(47)56(50)51)35-23-27-42(28-24-35)54-45-22-11-10-21-43(45)44-32-39(25-29-46(44)54)38-18-12-17-37(31-38)34-13-4-1-5-14-34/h1-33H. The Balaban J connectivity index is 1.01. The molecule has 0 fully saturated rings. The monoisotopic (exact) mass is 747 g/mol. The second-order valence-corrected chi connectivity index (χ2v) is 14.6. The van der Waals surface area contributed by atoms with Crippen LogP contribution in [0.1, 0.15) is 0 Å². The molecular weight excluding hydrogens is 715 g/mol. The van der Waals surface area contributed by atoms with Gasteiger partial charge in [-0.1, -0.05) is 140 Å². The van der Waals surface area contributed by atoms with Crippen molar-refractivity contribution in [1.29, 1.82) is 0 Å². The van der Waals surface area contributed by atoms with E-state index in [9.17, 15) is 0 Å². The maximum atomic E-state index is 5.99. The van der Waals surface area contributed by atoms with Gasteiger partial charge in [-0.3, -0.25) is 8.97 Å². The summed E-state index contributed by atoms with van der Waals surface area (Å²) in [5, 5.41) is 2.46. The smallest absolute Gasteiger partial charge is 0.223 e. The first kappa shape index (κ1) is 33.0. The van der Waals surface area contributed by atoms with Crippen molar-refractivity contribution < 1.29 is 0 Å². The topological polar surface area (TPSA) is 40.0 Å². The Labute approximate surface area is 334 Å². The van der Waals surface area contributed by atoms with Crippen molar-refractivity contribution >= 4 is 50.8 Å². The average Bonchev–Trinajstić information content (AvgIpc) is 3.80. The zero-order valence-corrected chi connectivity index (χ0v) is 31.5. The summed E-state index contributed by atoms with van der Waals surface area (Å²) in [4.78, 5) is 9.91. The van der Waals surface area contributed by atoms with Gasteiger partial charge >= 0.3 is 0 Å².